The maximum Gasteiger partial charge on any atom is 0.211 e. The Balaban J connectivity index is 1.53. The zero-order chi connectivity index (χ0) is 19.5. The number of rotatable bonds is 3. The molecule has 3 aromatic rings. The van der Waals surface area contributed by atoms with Crippen LogP contribution in [-0.2, 0) is 10.0 Å². The molecule has 9 heteroatoms. The third-order valence-corrected chi connectivity index (χ3v) is 7.13. The van der Waals surface area contributed by atoms with Crippen molar-refractivity contribution in [2.45, 2.75) is 13.0 Å². The van der Waals surface area contributed by atoms with Gasteiger partial charge >= 0.3 is 0 Å². The summed E-state index contributed by atoms with van der Waals surface area (Å²) in [6.07, 6.45) is 2.93. The van der Waals surface area contributed by atoms with E-state index in [0.29, 0.717) is 6.54 Å². The number of hydrogen-bond acceptors (Lipinski definition) is 6. The van der Waals surface area contributed by atoms with Gasteiger partial charge in [0.15, 0.2) is 0 Å². The fourth-order valence-electron chi connectivity index (χ4n) is 4.77. The fraction of sp³-hybridized carbons (Fsp3) is 0.421. The van der Waals surface area contributed by atoms with Crippen LogP contribution in [0.1, 0.15) is 17.3 Å². The van der Waals surface area contributed by atoms with Crippen molar-refractivity contribution in [3.8, 4) is 0 Å². The Morgan fingerprint density at radius 1 is 1.11 bits per heavy atom. The SMILES string of the molecule is Cc1cc(N2C[C@@H]3CN(S(C)(=O)=O)[C@@H](c4ccccc4)[C@@H]3C2)c2nncn2n1. The topological polar surface area (TPSA) is 83.7 Å². The highest BCUT2D eigenvalue weighted by Crippen LogP contribution is 2.47. The third-order valence-electron chi connectivity index (χ3n) is 5.90. The molecule has 8 nitrogen and oxygen atoms in total. The van der Waals surface area contributed by atoms with Gasteiger partial charge in [-0.2, -0.15) is 13.9 Å². The summed E-state index contributed by atoms with van der Waals surface area (Å²) in [7, 11) is -3.28. The van der Waals surface area contributed by atoms with E-state index in [4.69, 9.17) is 0 Å². The van der Waals surface area contributed by atoms with Crippen LogP contribution in [0.25, 0.3) is 5.65 Å². The van der Waals surface area contributed by atoms with Crippen LogP contribution in [0.15, 0.2) is 42.7 Å². The van der Waals surface area contributed by atoms with Gasteiger partial charge < -0.3 is 4.90 Å². The van der Waals surface area contributed by atoms with Crippen molar-refractivity contribution in [3.05, 3.63) is 54.0 Å². The van der Waals surface area contributed by atoms with E-state index in [1.54, 1.807) is 15.1 Å². The molecule has 146 valence electrons. The van der Waals surface area contributed by atoms with Crippen LogP contribution >= 0.6 is 0 Å². The van der Waals surface area contributed by atoms with E-state index in [1.807, 2.05) is 43.3 Å². The highest BCUT2D eigenvalue weighted by atomic mass is 32.2. The first kappa shape index (κ1) is 17.6. The average Bonchev–Trinajstić information content (AvgIpc) is 3.34. The maximum absolute atomic E-state index is 12.5. The molecule has 0 amide bonds. The van der Waals surface area contributed by atoms with Crippen molar-refractivity contribution in [1.29, 1.82) is 0 Å². The molecule has 3 atom stereocenters. The summed E-state index contributed by atoms with van der Waals surface area (Å²) in [5.74, 6) is 0.505. The number of benzene rings is 1. The summed E-state index contributed by atoms with van der Waals surface area (Å²) in [5, 5.41) is 12.6. The molecule has 1 aromatic carbocycles. The lowest BCUT2D eigenvalue weighted by molar-refractivity contribution is 0.352. The van der Waals surface area contributed by atoms with E-state index in [2.05, 4.69) is 20.2 Å². The molecule has 0 radical (unpaired) electrons. The summed E-state index contributed by atoms with van der Waals surface area (Å²) in [6, 6.07) is 11.9. The quantitative estimate of drug-likeness (QED) is 0.665. The molecule has 5 rings (SSSR count). The lowest BCUT2D eigenvalue weighted by Gasteiger charge is -2.28. The number of fused-ring (bicyclic) bond motifs is 2. The van der Waals surface area contributed by atoms with Gasteiger partial charge in [-0.1, -0.05) is 30.3 Å². The number of sulfonamides is 1. The standard InChI is InChI=1S/C19H22N6O2S/c1-13-8-17(19-21-20-12-24(19)22-13)23-9-15-10-25(28(2,26)27)18(16(15)11-23)14-6-4-3-5-7-14/h3-8,12,15-16,18H,9-11H2,1-2H3/t15-,16-,18+/m1/s1. The molecular formula is C19H22N6O2S. The Kier molecular flexibility index (Phi) is 3.92. The number of hydrogen-bond donors (Lipinski definition) is 0. The molecule has 0 aliphatic carbocycles. The Morgan fingerprint density at radius 3 is 2.64 bits per heavy atom. The van der Waals surface area contributed by atoms with Gasteiger partial charge in [-0.05, 0) is 24.5 Å². The van der Waals surface area contributed by atoms with Crippen LogP contribution in [0, 0.1) is 18.8 Å². The van der Waals surface area contributed by atoms with Gasteiger partial charge in [0.05, 0.1) is 23.7 Å². The monoisotopic (exact) mass is 398 g/mol. The highest BCUT2D eigenvalue weighted by Gasteiger charge is 2.50. The molecular weight excluding hydrogens is 376 g/mol. The van der Waals surface area contributed by atoms with E-state index >= 15 is 0 Å². The van der Waals surface area contributed by atoms with Crippen molar-refractivity contribution in [2.75, 3.05) is 30.8 Å². The minimum Gasteiger partial charge on any atom is -0.368 e. The lowest BCUT2D eigenvalue weighted by atomic mass is 9.90. The smallest absolute Gasteiger partial charge is 0.211 e. The predicted molar refractivity (Wildman–Crippen MR) is 105 cm³/mol. The molecule has 4 heterocycles. The van der Waals surface area contributed by atoms with Crippen LogP contribution < -0.4 is 4.90 Å². The number of aryl methyl sites for hydroxylation is 1. The third kappa shape index (κ3) is 2.77. The summed E-state index contributed by atoms with van der Waals surface area (Å²) in [5.41, 5.74) is 3.71. The molecule has 28 heavy (non-hydrogen) atoms. The van der Waals surface area contributed by atoms with Crippen LogP contribution in [0.3, 0.4) is 0 Å². The molecule has 0 bridgehead atoms. The van der Waals surface area contributed by atoms with Gasteiger partial charge in [-0.3, -0.25) is 0 Å². The largest absolute Gasteiger partial charge is 0.368 e. The Bertz CT molecular complexity index is 1130. The highest BCUT2D eigenvalue weighted by molar-refractivity contribution is 7.88. The van der Waals surface area contributed by atoms with Crippen molar-refractivity contribution in [2.24, 2.45) is 11.8 Å². The minimum absolute atomic E-state index is 0.136. The molecule has 0 unspecified atom stereocenters. The van der Waals surface area contributed by atoms with Crippen LogP contribution in [0.5, 0.6) is 0 Å². The number of anilines is 1. The van der Waals surface area contributed by atoms with Gasteiger partial charge in [0.2, 0.25) is 15.7 Å². The summed E-state index contributed by atoms with van der Waals surface area (Å²) in [4.78, 5) is 2.31. The van der Waals surface area contributed by atoms with E-state index in [-0.39, 0.29) is 17.9 Å². The zero-order valence-electron chi connectivity index (χ0n) is 15.8. The van der Waals surface area contributed by atoms with Gasteiger partial charge in [0, 0.05) is 25.6 Å². The Hall–Kier alpha value is -2.52. The van der Waals surface area contributed by atoms with Gasteiger partial charge in [-0.25, -0.2) is 8.42 Å². The number of aromatic nitrogens is 4. The first-order valence-electron chi connectivity index (χ1n) is 9.36. The van der Waals surface area contributed by atoms with Crippen molar-refractivity contribution in [3.63, 3.8) is 0 Å². The minimum atomic E-state index is -3.28. The summed E-state index contributed by atoms with van der Waals surface area (Å²) >= 11 is 0. The predicted octanol–water partition coefficient (Wildman–Crippen LogP) is 1.50. The van der Waals surface area contributed by atoms with Gasteiger partial charge in [-0.15, -0.1) is 10.2 Å². The fourth-order valence-corrected chi connectivity index (χ4v) is 5.93. The van der Waals surface area contributed by atoms with Crippen molar-refractivity contribution >= 4 is 21.4 Å². The Morgan fingerprint density at radius 2 is 1.89 bits per heavy atom. The molecule has 2 fully saturated rings. The van der Waals surface area contributed by atoms with Crippen molar-refractivity contribution < 1.29 is 8.42 Å². The first-order valence-corrected chi connectivity index (χ1v) is 11.2. The van der Waals surface area contributed by atoms with Crippen LogP contribution in [0.2, 0.25) is 0 Å². The normalized spacial score (nSPS) is 25.5. The Labute approximate surface area is 163 Å². The lowest BCUT2D eigenvalue weighted by Crippen LogP contribution is -2.35. The molecule has 2 aliphatic heterocycles. The second-order valence-electron chi connectivity index (χ2n) is 7.79. The zero-order valence-corrected chi connectivity index (χ0v) is 16.6. The van der Waals surface area contributed by atoms with Gasteiger partial charge in [0.1, 0.15) is 6.33 Å². The molecule has 0 spiro atoms. The van der Waals surface area contributed by atoms with Crippen LogP contribution in [-0.4, -0.2) is 58.4 Å². The second kappa shape index (κ2) is 6.25. The van der Waals surface area contributed by atoms with Crippen LogP contribution in [0.4, 0.5) is 5.69 Å². The van der Waals surface area contributed by atoms with Crippen molar-refractivity contribution in [1.82, 2.24) is 24.1 Å². The molecule has 2 saturated heterocycles. The van der Waals surface area contributed by atoms with Gasteiger partial charge in [0.25, 0.3) is 0 Å². The molecule has 0 saturated carbocycles. The first-order chi connectivity index (χ1) is 13.4. The maximum atomic E-state index is 12.5. The summed E-state index contributed by atoms with van der Waals surface area (Å²) < 4.78 is 28.3. The van der Waals surface area contributed by atoms with E-state index < -0.39 is 10.0 Å². The van der Waals surface area contributed by atoms with E-state index in [0.717, 1.165) is 35.7 Å². The molecule has 2 aromatic heterocycles. The molecule has 2 aliphatic rings. The van der Waals surface area contributed by atoms with E-state index in [1.165, 1.54) is 6.26 Å². The molecule has 0 N–H and O–H groups in total. The second-order valence-corrected chi connectivity index (χ2v) is 9.72. The average molecular weight is 398 g/mol. The summed E-state index contributed by atoms with van der Waals surface area (Å²) in [6.45, 7) is 4.08. The van der Waals surface area contributed by atoms with E-state index in [9.17, 15) is 8.42 Å². The number of nitrogens with zero attached hydrogens (tertiary/aromatic N) is 6.